The Labute approximate surface area is 104 Å². The van der Waals surface area contributed by atoms with Crippen molar-refractivity contribution in [2.75, 3.05) is 6.54 Å². The molecule has 1 aliphatic rings. The fourth-order valence-electron chi connectivity index (χ4n) is 1.60. The fraction of sp³-hybridized carbons (Fsp3) is 0.500. The standard InChI is InChI=1S/C12H15BrClN/c13-12-7-11(14)4-3-10(12)8-15-6-5-9-1-2-9/h3-4,7,9,15H,1-2,5-6,8H2. The SMILES string of the molecule is Clc1ccc(CNCCC2CC2)c(Br)c1. The first kappa shape index (κ1) is 11.4. The monoisotopic (exact) mass is 287 g/mol. The number of hydrogen-bond donors (Lipinski definition) is 1. The first-order valence-corrected chi connectivity index (χ1v) is 6.57. The van der Waals surface area contributed by atoms with E-state index in [-0.39, 0.29) is 0 Å². The number of hydrogen-bond acceptors (Lipinski definition) is 1. The molecule has 0 bridgehead atoms. The van der Waals surface area contributed by atoms with Crippen LogP contribution in [-0.4, -0.2) is 6.54 Å². The van der Waals surface area contributed by atoms with Crippen LogP contribution in [0.2, 0.25) is 5.02 Å². The molecule has 2 rings (SSSR count). The topological polar surface area (TPSA) is 12.0 Å². The van der Waals surface area contributed by atoms with Gasteiger partial charge in [-0.3, -0.25) is 0 Å². The van der Waals surface area contributed by atoms with Gasteiger partial charge >= 0.3 is 0 Å². The molecule has 1 fully saturated rings. The Bertz CT molecular complexity index is 336. The Kier molecular flexibility index (Phi) is 4.06. The van der Waals surface area contributed by atoms with Gasteiger partial charge in [0.05, 0.1) is 0 Å². The van der Waals surface area contributed by atoms with Gasteiger partial charge < -0.3 is 5.32 Å². The lowest BCUT2D eigenvalue weighted by molar-refractivity contribution is 0.612. The van der Waals surface area contributed by atoms with E-state index in [2.05, 4.69) is 27.3 Å². The molecule has 1 nitrogen and oxygen atoms in total. The molecule has 0 atom stereocenters. The Morgan fingerprint density at radius 3 is 2.87 bits per heavy atom. The Morgan fingerprint density at radius 2 is 2.20 bits per heavy atom. The normalized spacial score (nSPS) is 15.6. The highest BCUT2D eigenvalue weighted by Crippen LogP contribution is 2.31. The lowest BCUT2D eigenvalue weighted by Gasteiger charge is -2.06. The molecule has 0 aliphatic heterocycles. The molecule has 0 amide bonds. The molecule has 0 spiro atoms. The minimum Gasteiger partial charge on any atom is -0.313 e. The zero-order valence-electron chi connectivity index (χ0n) is 8.60. The van der Waals surface area contributed by atoms with Gasteiger partial charge in [0.15, 0.2) is 0 Å². The first-order chi connectivity index (χ1) is 7.25. The second-order valence-corrected chi connectivity index (χ2v) is 5.44. The molecule has 15 heavy (non-hydrogen) atoms. The third kappa shape index (κ3) is 3.78. The van der Waals surface area contributed by atoms with E-state index in [4.69, 9.17) is 11.6 Å². The van der Waals surface area contributed by atoms with Crippen LogP contribution in [0.1, 0.15) is 24.8 Å². The highest BCUT2D eigenvalue weighted by molar-refractivity contribution is 9.10. The summed E-state index contributed by atoms with van der Waals surface area (Å²) in [6.45, 7) is 2.05. The summed E-state index contributed by atoms with van der Waals surface area (Å²) in [5.74, 6) is 1.01. The predicted octanol–water partition coefficient (Wildman–Crippen LogP) is 3.99. The maximum Gasteiger partial charge on any atom is 0.0417 e. The van der Waals surface area contributed by atoms with Crippen LogP contribution < -0.4 is 5.32 Å². The molecule has 0 heterocycles. The molecule has 0 saturated heterocycles. The summed E-state index contributed by atoms with van der Waals surface area (Å²) < 4.78 is 1.09. The zero-order chi connectivity index (χ0) is 10.7. The van der Waals surface area contributed by atoms with E-state index >= 15 is 0 Å². The summed E-state index contributed by atoms with van der Waals surface area (Å²) in [5, 5.41) is 4.24. The molecular formula is C12H15BrClN. The molecule has 1 saturated carbocycles. The minimum atomic E-state index is 0.781. The van der Waals surface area contributed by atoms with E-state index < -0.39 is 0 Å². The van der Waals surface area contributed by atoms with Gasteiger partial charge in [-0.05, 0) is 36.6 Å². The zero-order valence-corrected chi connectivity index (χ0v) is 10.9. The maximum absolute atomic E-state index is 5.88. The van der Waals surface area contributed by atoms with Crippen LogP contribution in [-0.2, 0) is 6.54 Å². The van der Waals surface area contributed by atoms with Gasteiger partial charge in [-0.1, -0.05) is 46.4 Å². The number of nitrogens with one attached hydrogen (secondary N) is 1. The molecule has 1 N–H and O–H groups in total. The van der Waals surface area contributed by atoms with Crippen molar-refractivity contribution >= 4 is 27.5 Å². The third-order valence-electron chi connectivity index (χ3n) is 2.76. The molecule has 0 unspecified atom stereocenters. The van der Waals surface area contributed by atoms with Crippen molar-refractivity contribution in [3.8, 4) is 0 Å². The van der Waals surface area contributed by atoms with Crippen molar-refractivity contribution in [1.29, 1.82) is 0 Å². The summed E-state index contributed by atoms with van der Waals surface area (Å²) in [4.78, 5) is 0. The van der Waals surface area contributed by atoms with Gasteiger partial charge in [0.1, 0.15) is 0 Å². The summed E-state index contributed by atoms with van der Waals surface area (Å²) in [5.41, 5.74) is 1.27. The Morgan fingerprint density at radius 1 is 1.40 bits per heavy atom. The van der Waals surface area contributed by atoms with Crippen LogP contribution in [0.5, 0.6) is 0 Å². The van der Waals surface area contributed by atoms with Crippen LogP contribution in [0.15, 0.2) is 22.7 Å². The highest BCUT2D eigenvalue weighted by Gasteiger charge is 2.19. The van der Waals surface area contributed by atoms with Crippen LogP contribution in [0.25, 0.3) is 0 Å². The molecule has 1 aromatic rings. The van der Waals surface area contributed by atoms with Crippen molar-refractivity contribution in [2.24, 2.45) is 5.92 Å². The van der Waals surface area contributed by atoms with Gasteiger partial charge in [0.25, 0.3) is 0 Å². The van der Waals surface area contributed by atoms with E-state index in [1.54, 1.807) is 0 Å². The van der Waals surface area contributed by atoms with Gasteiger partial charge in [0.2, 0.25) is 0 Å². The average molecular weight is 289 g/mol. The number of benzene rings is 1. The van der Waals surface area contributed by atoms with Crippen molar-refractivity contribution in [2.45, 2.75) is 25.8 Å². The minimum absolute atomic E-state index is 0.781. The van der Waals surface area contributed by atoms with Crippen molar-refractivity contribution in [3.63, 3.8) is 0 Å². The van der Waals surface area contributed by atoms with Crippen LogP contribution >= 0.6 is 27.5 Å². The summed E-state index contributed by atoms with van der Waals surface area (Å²) >= 11 is 9.39. The van der Waals surface area contributed by atoms with Crippen LogP contribution in [0, 0.1) is 5.92 Å². The van der Waals surface area contributed by atoms with Gasteiger partial charge in [-0.2, -0.15) is 0 Å². The van der Waals surface area contributed by atoms with Crippen molar-refractivity contribution in [1.82, 2.24) is 5.32 Å². The van der Waals surface area contributed by atoms with Crippen molar-refractivity contribution < 1.29 is 0 Å². The lowest BCUT2D eigenvalue weighted by atomic mass is 10.2. The van der Waals surface area contributed by atoms with E-state index in [0.717, 1.165) is 28.5 Å². The highest BCUT2D eigenvalue weighted by atomic mass is 79.9. The van der Waals surface area contributed by atoms with E-state index in [1.807, 2.05) is 12.1 Å². The van der Waals surface area contributed by atoms with Crippen LogP contribution in [0.3, 0.4) is 0 Å². The van der Waals surface area contributed by atoms with Gasteiger partial charge in [-0.15, -0.1) is 0 Å². The molecular weight excluding hydrogens is 273 g/mol. The summed E-state index contributed by atoms with van der Waals surface area (Å²) in [7, 11) is 0. The second kappa shape index (κ2) is 5.33. The fourth-order valence-corrected chi connectivity index (χ4v) is 2.42. The summed E-state index contributed by atoms with van der Waals surface area (Å²) in [6, 6.07) is 5.94. The Hall–Kier alpha value is -0.0500. The van der Waals surface area contributed by atoms with Crippen molar-refractivity contribution in [3.05, 3.63) is 33.3 Å². The predicted molar refractivity (Wildman–Crippen MR) is 68.2 cm³/mol. The molecule has 82 valence electrons. The average Bonchev–Trinajstić information content (AvgIpc) is 2.99. The molecule has 1 aromatic carbocycles. The van der Waals surface area contributed by atoms with E-state index in [9.17, 15) is 0 Å². The third-order valence-corrected chi connectivity index (χ3v) is 3.73. The largest absolute Gasteiger partial charge is 0.313 e. The summed E-state index contributed by atoms with van der Waals surface area (Å²) in [6.07, 6.45) is 4.20. The smallest absolute Gasteiger partial charge is 0.0417 e. The number of halogens is 2. The van der Waals surface area contributed by atoms with E-state index in [0.29, 0.717) is 0 Å². The molecule has 1 aliphatic carbocycles. The second-order valence-electron chi connectivity index (χ2n) is 4.14. The molecule has 3 heteroatoms. The molecule has 0 aromatic heterocycles. The number of rotatable bonds is 5. The van der Waals surface area contributed by atoms with Crippen LogP contribution in [0.4, 0.5) is 0 Å². The lowest BCUT2D eigenvalue weighted by Crippen LogP contribution is -2.15. The van der Waals surface area contributed by atoms with Gasteiger partial charge in [0, 0.05) is 16.0 Å². The molecule has 0 radical (unpaired) electrons. The van der Waals surface area contributed by atoms with E-state index in [1.165, 1.54) is 24.8 Å². The maximum atomic E-state index is 5.88. The first-order valence-electron chi connectivity index (χ1n) is 5.40. The Balaban J connectivity index is 1.76. The quantitative estimate of drug-likeness (QED) is 0.808. The van der Waals surface area contributed by atoms with Gasteiger partial charge in [-0.25, -0.2) is 0 Å².